The number of nitrogens with one attached hydrogen (secondary N) is 1. The van der Waals surface area contributed by atoms with Gasteiger partial charge >= 0.3 is 0 Å². The van der Waals surface area contributed by atoms with E-state index >= 15 is 0 Å². The van der Waals surface area contributed by atoms with Crippen LogP contribution in [-0.4, -0.2) is 68.7 Å². The molecule has 0 spiro atoms. The Morgan fingerprint density at radius 1 is 1.29 bits per heavy atom. The molecule has 1 unspecified atom stereocenters. The molecule has 2 amide bonds. The predicted molar refractivity (Wildman–Crippen MR) is 110 cm³/mol. The average Bonchev–Trinajstić information content (AvgIpc) is 3.16. The molecule has 0 radical (unpaired) electrons. The zero-order chi connectivity index (χ0) is 20.0. The molecule has 1 aliphatic heterocycles. The first-order valence-electron chi connectivity index (χ1n) is 9.19. The molecule has 1 heterocycles. The molecule has 1 saturated heterocycles. The van der Waals surface area contributed by atoms with E-state index in [-0.39, 0.29) is 35.3 Å². The number of likely N-dealkylation sites (tertiary alicyclic amines) is 1. The molecule has 0 aromatic heterocycles. The topological polar surface area (TPSA) is 113 Å². The molecule has 10 heteroatoms. The molecule has 1 fully saturated rings. The van der Waals surface area contributed by atoms with Gasteiger partial charge in [0.25, 0.3) is 5.91 Å². The van der Waals surface area contributed by atoms with Crippen LogP contribution in [0.2, 0.25) is 0 Å². The minimum atomic E-state index is -3.64. The SMILES string of the molecule is CCN(CC)S(=O)(=O)c1cccc(C(=O)NCC(=O)N2CCC(CN)C2)c1.Cl. The van der Waals surface area contributed by atoms with E-state index in [9.17, 15) is 18.0 Å². The molecule has 2 rings (SSSR count). The van der Waals surface area contributed by atoms with Crippen molar-refractivity contribution < 1.29 is 18.0 Å². The highest BCUT2D eigenvalue weighted by Crippen LogP contribution is 2.17. The Kier molecular flexibility index (Phi) is 9.35. The van der Waals surface area contributed by atoms with E-state index in [1.807, 2.05) is 0 Å². The molecule has 1 aliphatic rings. The number of hydrogen-bond donors (Lipinski definition) is 2. The number of nitrogens with two attached hydrogens (primary N) is 1. The van der Waals surface area contributed by atoms with Gasteiger partial charge in [-0.3, -0.25) is 9.59 Å². The highest BCUT2D eigenvalue weighted by atomic mass is 35.5. The van der Waals surface area contributed by atoms with Crippen molar-refractivity contribution in [1.82, 2.24) is 14.5 Å². The quantitative estimate of drug-likeness (QED) is 0.627. The Morgan fingerprint density at radius 3 is 2.54 bits per heavy atom. The zero-order valence-electron chi connectivity index (χ0n) is 16.3. The molecule has 1 aromatic carbocycles. The minimum absolute atomic E-state index is 0. The molecule has 28 heavy (non-hydrogen) atoms. The number of sulfonamides is 1. The third-order valence-corrected chi connectivity index (χ3v) is 6.86. The van der Waals surface area contributed by atoms with Gasteiger partial charge in [0.2, 0.25) is 15.9 Å². The van der Waals surface area contributed by atoms with Gasteiger partial charge in [0.1, 0.15) is 0 Å². The van der Waals surface area contributed by atoms with Crippen molar-refractivity contribution in [3.05, 3.63) is 29.8 Å². The van der Waals surface area contributed by atoms with Crippen LogP contribution in [0.5, 0.6) is 0 Å². The van der Waals surface area contributed by atoms with E-state index in [4.69, 9.17) is 5.73 Å². The van der Waals surface area contributed by atoms with Crippen LogP contribution in [0.3, 0.4) is 0 Å². The van der Waals surface area contributed by atoms with Gasteiger partial charge in [-0.15, -0.1) is 12.4 Å². The lowest BCUT2D eigenvalue weighted by Gasteiger charge is -2.19. The van der Waals surface area contributed by atoms with Gasteiger partial charge in [-0.25, -0.2) is 8.42 Å². The van der Waals surface area contributed by atoms with Crippen LogP contribution in [0, 0.1) is 5.92 Å². The van der Waals surface area contributed by atoms with E-state index < -0.39 is 15.9 Å². The smallest absolute Gasteiger partial charge is 0.251 e. The molecule has 3 N–H and O–H groups in total. The van der Waals surface area contributed by atoms with E-state index in [2.05, 4.69) is 5.32 Å². The van der Waals surface area contributed by atoms with Crippen molar-refractivity contribution in [1.29, 1.82) is 0 Å². The first-order chi connectivity index (χ1) is 12.8. The van der Waals surface area contributed by atoms with Crippen molar-refractivity contribution in [3.8, 4) is 0 Å². The highest BCUT2D eigenvalue weighted by Gasteiger charge is 2.26. The summed E-state index contributed by atoms with van der Waals surface area (Å²) in [7, 11) is -3.64. The molecule has 1 aromatic rings. The fourth-order valence-corrected chi connectivity index (χ4v) is 4.64. The summed E-state index contributed by atoms with van der Waals surface area (Å²) < 4.78 is 26.5. The first-order valence-corrected chi connectivity index (χ1v) is 10.6. The van der Waals surface area contributed by atoms with Crippen LogP contribution >= 0.6 is 12.4 Å². The summed E-state index contributed by atoms with van der Waals surface area (Å²) >= 11 is 0. The van der Waals surface area contributed by atoms with Crippen molar-refractivity contribution in [2.45, 2.75) is 25.2 Å². The number of carbonyl (C=O) groups excluding carboxylic acids is 2. The van der Waals surface area contributed by atoms with Crippen molar-refractivity contribution >= 4 is 34.2 Å². The van der Waals surface area contributed by atoms with Crippen LogP contribution in [0.25, 0.3) is 0 Å². The van der Waals surface area contributed by atoms with Crippen molar-refractivity contribution in [3.63, 3.8) is 0 Å². The number of hydrogen-bond acceptors (Lipinski definition) is 5. The molecule has 0 saturated carbocycles. The van der Waals surface area contributed by atoms with Crippen molar-refractivity contribution in [2.24, 2.45) is 11.7 Å². The van der Waals surface area contributed by atoms with Crippen LogP contribution in [0.15, 0.2) is 29.2 Å². The largest absolute Gasteiger partial charge is 0.343 e. The predicted octanol–water partition coefficient (Wildman–Crippen LogP) is 0.676. The van der Waals surface area contributed by atoms with Crippen LogP contribution in [-0.2, 0) is 14.8 Å². The second-order valence-electron chi connectivity index (χ2n) is 6.53. The van der Waals surface area contributed by atoms with Crippen LogP contribution < -0.4 is 11.1 Å². The number of rotatable bonds is 8. The summed E-state index contributed by atoms with van der Waals surface area (Å²) in [6.45, 7) is 5.91. The summed E-state index contributed by atoms with van der Waals surface area (Å²) in [4.78, 5) is 26.3. The number of halogens is 1. The van der Waals surface area contributed by atoms with Crippen molar-refractivity contribution in [2.75, 3.05) is 39.3 Å². The Hall–Kier alpha value is -1.68. The van der Waals surface area contributed by atoms with Gasteiger partial charge in [0.05, 0.1) is 11.4 Å². The molecular formula is C18H29ClN4O4S. The average molecular weight is 433 g/mol. The molecule has 0 bridgehead atoms. The van der Waals surface area contributed by atoms with Gasteiger partial charge in [0, 0.05) is 31.7 Å². The lowest BCUT2D eigenvalue weighted by molar-refractivity contribution is -0.129. The standard InChI is InChI=1S/C18H28N4O4S.ClH/c1-3-22(4-2)27(25,26)16-7-5-6-15(10-16)18(24)20-12-17(23)21-9-8-14(11-19)13-21;/h5-7,10,14H,3-4,8-9,11-13,19H2,1-2H3,(H,20,24);1H. The molecule has 1 atom stereocenters. The summed E-state index contributed by atoms with van der Waals surface area (Å²) in [6, 6.07) is 5.86. The van der Waals surface area contributed by atoms with Gasteiger partial charge in [-0.05, 0) is 37.1 Å². The molecule has 8 nitrogen and oxygen atoms in total. The van der Waals surface area contributed by atoms with Gasteiger partial charge in [-0.1, -0.05) is 19.9 Å². The highest BCUT2D eigenvalue weighted by molar-refractivity contribution is 7.89. The number of nitrogens with zero attached hydrogens (tertiary/aromatic N) is 2. The lowest BCUT2D eigenvalue weighted by Crippen LogP contribution is -2.39. The Balaban J connectivity index is 0.00000392. The summed E-state index contributed by atoms with van der Waals surface area (Å²) in [5.41, 5.74) is 5.83. The molecule has 0 aliphatic carbocycles. The summed E-state index contributed by atoms with van der Waals surface area (Å²) in [6.07, 6.45) is 0.876. The maximum Gasteiger partial charge on any atom is 0.251 e. The monoisotopic (exact) mass is 432 g/mol. The first kappa shape index (κ1) is 24.4. The molecule has 158 valence electrons. The Morgan fingerprint density at radius 2 is 1.96 bits per heavy atom. The maximum absolute atomic E-state index is 12.6. The van der Waals surface area contributed by atoms with Gasteiger partial charge in [-0.2, -0.15) is 4.31 Å². The zero-order valence-corrected chi connectivity index (χ0v) is 17.9. The third kappa shape index (κ3) is 5.66. The lowest BCUT2D eigenvalue weighted by atomic mass is 10.1. The fourth-order valence-electron chi connectivity index (χ4n) is 3.13. The normalized spacial score (nSPS) is 16.7. The fraction of sp³-hybridized carbons (Fsp3) is 0.556. The number of amides is 2. The van der Waals surface area contributed by atoms with Crippen LogP contribution in [0.4, 0.5) is 0 Å². The van der Waals surface area contributed by atoms with Crippen LogP contribution in [0.1, 0.15) is 30.6 Å². The second kappa shape index (κ2) is 10.8. The van der Waals surface area contributed by atoms with E-state index in [0.717, 1.165) is 6.42 Å². The minimum Gasteiger partial charge on any atom is -0.343 e. The van der Waals surface area contributed by atoms with E-state index in [0.29, 0.717) is 38.6 Å². The summed E-state index contributed by atoms with van der Waals surface area (Å²) in [5.74, 6) is -0.327. The third-order valence-electron chi connectivity index (χ3n) is 4.81. The van der Waals surface area contributed by atoms with E-state index in [1.54, 1.807) is 18.7 Å². The van der Waals surface area contributed by atoms with Gasteiger partial charge < -0.3 is 16.0 Å². The maximum atomic E-state index is 12.6. The second-order valence-corrected chi connectivity index (χ2v) is 8.47. The Labute approximate surface area is 172 Å². The van der Waals surface area contributed by atoms with Gasteiger partial charge in [0.15, 0.2) is 0 Å². The summed E-state index contributed by atoms with van der Waals surface area (Å²) in [5, 5.41) is 2.57. The Bertz CT molecular complexity index is 784. The van der Waals surface area contributed by atoms with E-state index in [1.165, 1.54) is 28.6 Å². The number of carbonyl (C=O) groups is 2. The molecular weight excluding hydrogens is 404 g/mol. The number of benzene rings is 1.